The van der Waals surface area contributed by atoms with Crippen molar-refractivity contribution < 1.29 is 18.4 Å². The molecule has 0 radical (unpaired) electrons. The number of aromatic amines is 1. The van der Waals surface area contributed by atoms with Gasteiger partial charge in [0.1, 0.15) is 17.4 Å². The fourth-order valence-electron chi connectivity index (χ4n) is 5.12. The summed E-state index contributed by atoms with van der Waals surface area (Å²) in [5.74, 6) is -2.62. The molecule has 4 aromatic rings. The summed E-state index contributed by atoms with van der Waals surface area (Å²) < 4.78 is 28.1. The van der Waals surface area contributed by atoms with Crippen molar-refractivity contribution in [1.82, 2.24) is 9.97 Å². The van der Waals surface area contributed by atoms with Crippen LogP contribution in [0, 0.1) is 11.6 Å². The lowest BCUT2D eigenvalue weighted by Gasteiger charge is -2.20. The van der Waals surface area contributed by atoms with E-state index in [1.54, 1.807) is 36.5 Å². The highest BCUT2D eigenvalue weighted by Gasteiger charge is 2.25. The molecule has 8 heteroatoms. The molecular formula is C31H25F2N3O3. The van der Waals surface area contributed by atoms with Gasteiger partial charge in [-0.1, -0.05) is 30.3 Å². The second-order valence-corrected chi connectivity index (χ2v) is 9.64. The summed E-state index contributed by atoms with van der Waals surface area (Å²) in [6.45, 7) is 0. The molecule has 0 saturated carbocycles. The van der Waals surface area contributed by atoms with Crippen molar-refractivity contribution in [2.24, 2.45) is 5.73 Å². The third-order valence-electron chi connectivity index (χ3n) is 6.84. The first kappa shape index (κ1) is 25.9. The van der Waals surface area contributed by atoms with Gasteiger partial charge < -0.3 is 10.7 Å². The van der Waals surface area contributed by atoms with Gasteiger partial charge in [0, 0.05) is 53.9 Å². The van der Waals surface area contributed by atoms with Crippen LogP contribution in [0.1, 0.15) is 51.6 Å². The molecule has 5 rings (SSSR count). The van der Waals surface area contributed by atoms with E-state index >= 15 is 0 Å². The molecule has 0 aliphatic heterocycles. The zero-order valence-electron chi connectivity index (χ0n) is 20.9. The Hall–Kier alpha value is -4.72. The molecule has 39 heavy (non-hydrogen) atoms. The lowest BCUT2D eigenvalue weighted by atomic mass is 9.85. The van der Waals surface area contributed by atoms with E-state index in [2.05, 4.69) is 9.97 Å². The summed E-state index contributed by atoms with van der Waals surface area (Å²) in [5.41, 5.74) is 10.2. The Bertz CT molecular complexity index is 1660. The highest BCUT2D eigenvalue weighted by atomic mass is 19.1. The molecule has 3 N–H and O–H groups in total. The molecule has 6 nitrogen and oxygen atoms in total. The summed E-state index contributed by atoms with van der Waals surface area (Å²) in [6, 6.07) is 16.9. The number of H-pyrrole nitrogens is 1. The summed E-state index contributed by atoms with van der Waals surface area (Å²) in [4.78, 5) is 44.5. The maximum atomic E-state index is 14.0. The minimum atomic E-state index is -0.706. The van der Waals surface area contributed by atoms with Crippen LogP contribution in [0.15, 0.2) is 83.8 Å². The number of amides is 1. The predicted molar refractivity (Wildman–Crippen MR) is 144 cm³/mol. The molecule has 2 heterocycles. The fourth-order valence-corrected chi connectivity index (χ4v) is 5.12. The Morgan fingerprint density at radius 2 is 1.79 bits per heavy atom. The summed E-state index contributed by atoms with van der Waals surface area (Å²) in [5, 5.41) is 0. The van der Waals surface area contributed by atoms with Gasteiger partial charge in [-0.05, 0) is 65.4 Å². The number of ketones is 1. The van der Waals surface area contributed by atoms with Crippen LogP contribution in [-0.4, -0.2) is 21.7 Å². The van der Waals surface area contributed by atoms with E-state index in [9.17, 15) is 23.2 Å². The number of fused-ring (bicyclic) bond motifs is 1. The van der Waals surface area contributed by atoms with E-state index in [1.165, 1.54) is 18.2 Å². The molecule has 0 saturated heterocycles. The minimum absolute atomic E-state index is 0.0431. The van der Waals surface area contributed by atoms with E-state index in [-0.39, 0.29) is 30.6 Å². The number of aromatic nitrogens is 2. The molecule has 196 valence electrons. The number of nitrogens with zero attached hydrogens (tertiary/aromatic N) is 1. The predicted octanol–water partition coefficient (Wildman–Crippen LogP) is 5.13. The van der Waals surface area contributed by atoms with Crippen molar-refractivity contribution in [3.05, 3.63) is 129 Å². The monoisotopic (exact) mass is 525 g/mol. The number of allylic oxidation sites excluding steroid dienone is 2. The molecule has 1 aliphatic rings. The Morgan fingerprint density at radius 3 is 2.56 bits per heavy atom. The molecule has 0 bridgehead atoms. The first-order valence-corrected chi connectivity index (χ1v) is 12.5. The smallest absolute Gasteiger partial charge is 0.248 e. The van der Waals surface area contributed by atoms with Gasteiger partial charge in [-0.3, -0.25) is 19.4 Å². The topological polar surface area (TPSA) is 106 Å². The van der Waals surface area contributed by atoms with Gasteiger partial charge in [0.05, 0.1) is 5.69 Å². The second kappa shape index (κ2) is 10.9. The number of hydrogen-bond acceptors (Lipinski definition) is 4. The van der Waals surface area contributed by atoms with Crippen LogP contribution >= 0.6 is 0 Å². The SMILES string of the molecule is NC(=O)c1cccc(-c2cccnc2[C@@H](CC(=O)CC2=CCc3ccc(=O)[nH]c32)Cc2cc(F)cc(F)c2)c1. The molecule has 0 fully saturated rings. The summed E-state index contributed by atoms with van der Waals surface area (Å²) in [7, 11) is 0. The van der Waals surface area contributed by atoms with Crippen LogP contribution in [0.25, 0.3) is 16.7 Å². The zero-order valence-corrected chi connectivity index (χ0v) is 20.9. The Kier molecular flexibility index (Phi) is 7.27. The van der Waals surface area contributed by atoms with Crippen LogP contribution < -0.4 is 11.3 Å². The third-order valence-corrected chi connectivity index (χ3v) is 6.84. The van der Waals surface area contributed by atoms with Gasteiger partial charge in [0.2, 0.25) is 11.5 Å². The number of rotatable bonds is 9. The molecule has 0 unspecified atom stereocenters. The van der Waals surface area contributed by atoms with Gasteiger partial charge in [-0.15, -0.1) is 0 Å². The number of primary amides is 1. The second-order valence-electron chi connectivity index (χ2n) is 9.64. The van der Waals surface area contributed by atoms with Crippen molar-refractivity contribution in [3.8, 4) is 11.1 Å². The van der Waals surface area contributed by atoms with Crippen molar-refractivity contribution in [2.45, 2.75) is 31.6 Å². The number of Topliss-reactive ketones (excluding diaryl/α,β-unsaturated/α-hetero) is 1. The lowest BCUT2D eigenvalue weighted by Crippen LogP contribution is -2.14. The summed E-state index contributed by atoms with van der Waals surface area (Å²) >= 11 is 0. The quantitative estimate of drug-likeness (QED) is 0.316. The van der Waals surface area contributed by atoms with Gasteiger partial charge in [-0.25, -0.2) is 8.78 Å². The van der Waals surface area contributed by atoms with Gasteiger partial charge in [0.25, 0.3) is 0 Å². The highest BCUT2D eigenvalue weighted by molar-refractivity contribution is 5.94. The Labute approximate surface area is 223 Å². The average molecular weight is 526 g/mol. The molecule has 1 amide bonds. The van der Waals surface area contributed by atoms with Crippen molar-refractivity contribution in [1.29, 1.82) is 0 Å². The van der Waals surface area contributed by atoms with E-state index in [0.29, 0.717) is 40.1 Å². The molecule has 1 atom stereocenters. The number of halogens is 2. The van der Waals surface area contributed by atoms with Gasteiger partial charge in [0.15, 0.2) is 0 Å². The minimum Gasteiger partial charge on any atom is -0.366 e. The first-order valence-electron chi connectivity index (χ1n) is 12.5. The number of carbonyl (C=O) groups is 2. The molecular weight excluding hydrogens is 500 g/mol. The lowest BCUT2D eigenvalue weighted by molar-refractivity contribution is -0.118. The van der Waals surface area contributed by atoms with E-state index in [0.717, 1.165) is 17.2 Å². The Balaban J connectivity index is 1.50. The first-order chi connectivity index (χ1) is 18.8. The van der Waals surface area contributed by atoms with Crippen LogP contribution in [0.2, 0.25) is 0 Å². The van der Waals surface area contributed by atoms with E-state index in [4.69, 9.17) is 5.73 Å². The molecule has 0 spiro atoms. The zero-order chi connectivity index (χ0) is 27.5. The number of pyridine rings is 2. The normalized spacial score (nSPS) is 13.0. The number of nitrogens with two attached hydrogens (primary N) is 1. The number of nitrogens with one attached hydrogen (secondary N) is 1. The Morgan fingerprint density at radius 1 is 1.00 bits per heavy atom. The summed E-state index contributed by atoms with van der Waals surface area (Å²) in [6.07, 6.45) is 4.45. The van der Waals surface area contributed by atoms with Crippen molar-refractivity contribution >= 4 is 17.3 Å². The molecule has 1 aliphatic carbocycles. The average Bonchev–Trinajstić information content (AvgIpc) is 3.29. The molecule has 2 aromatic carbocycles. The fraction of sp³-hybridized carbons (Fsp3) is 0.161. The van der Waals surface area contributed by atoms with Crippen LogP contribution in [0.4, 0.5) is 8.78 Å². The maximum Gasteiger partial charge on any atom is 0.248 e. The van der Waals surface area contributed by atoms with Crippen LogP contribution in [-0.2, 0) is 17.6 Å². The van der Waals surface area contributed by atoms with Crippen molar-refractivity contribution in [3.63, 3.8) is 0 Å². The van der Waals surface area contributed by atoms with Gasteiger partial charge >= 0.3 is 0 Å². The number of hydrogen-bond donors (Lipinski definition) is 2. The largest absolute Gasteiger partial charge is 0.366 e. The number of carbonyl (C=O) groups excluding carboxylic acids is 2. The van der Waals surface area contributed by atoms with E-state index in [1.807, 2.05) is 18.2 Å². The maximum absolute atomic E-state index is 14.0. The number of benzene rings is 2. The molecule has 2 aromatic heterocycles. The van der Waals surface area contributed by atoms with Crippen molar-refractivity contribution in [2.75, 3.05) is 0 Å². The highest BCUT2D eigenvalue weighted by Crippen LogP contribution is 2.35. The van der Waals surface area contributed by atoms with Crippen LogP contribution in [0.3, 0.4) is 0 Å². The van der Waals surface area contributed by atoms with E-state index < -0.39 is 23.5 Å². The van der Waals surface area contributed by atoms with Gasteiger partial charge in [-0.2, -0.15) is 0 Å². The van der Waals surface area contributed by atoms with Crippen LogP contribution in [0.5, 0.6) is 0 Å². The third kappa shape index (κ3) is 5.90. The standard InChI is InChI=1S/C31H25F2N3O3/c32-24-12-18(13-25(33)17-24)11-23(16-26(37)15-21-7-6-19-8-9-28(38)36-29(19)21)30-27(5-2-10-35-30)20-3-1-4-22(14-20)31(34)39/h1-5,7-10,12-14,17,23H,6,11,15-16H2,(H2,34,39)(H,36,38)/t23-/m1/s1.